The molecule has 2 heterocycles. The number of imide groups is 1. The van der Waals surface area contributed by atoms with E-state index in [1.807, 2.05) is 51.1 Å². The molecule has 2 atom stereocenters. The largest absolute Gasteiger partial charge is 0.454 e. The van der Waals surface area contributed by atoms with Crippen molar-refractivity contribution in [1.82, 2.24) is 20.0 Å². The van der Waals surface area contributed by atoms with Crippen LogP contribution in [0, 0.1) is 11.3 Å². The van der Waals surface area contributed by atoms with Crippen molar-refractivity contribution in [1.29, 1.82) is 0 Å². The van der Waals surface area contributed by atoms with Gasteiger partial charge in [-0.15, -0.1) is 0 Å². The van der Waals surface area contributed by atoms with E-state index in [0.29, 0.717) is 18.7 Å². The molecule has 0 bridgehead atoms. The fourth-order valence-corrected chi connectivity index (χ4v) is 5.75. The topological polar surface area (TPSA) is 123 Å². The van der Waals surface area contributed by atoms with Gasteiger partial charge in [-0.2, -0.15) is 5.10 Å². The third kappa shape index (κ3) is 5.74. The smallest absolute Gasteiger partial charge is 0.326 e. The van der Waals surface area contributed by atoms with Crippen LogP contribution in [0.1, 0.15) is 66.5 Å². The van der Waals surface area contributed by atoms with E-state index in [-0.39, 0.29) is 16.7 Å². The number of anilines is 1. The minimum Gasteiger partial charge on any atom is -0.454 e. The van der Waals surface area contributed by atoms with Crippen LogP contribution >= 0.6 is 0 Å². The number of nitrogens with zero attached hydrogens (tertiary/aromatic N) is 3. The normalized spacial score (nSPS) is 22.9. The Kier molecular flexibility index (Phi) is 7.11. The van der Waals surface area contributed by atoms with Crippen molar-refractivity contribution in [2.24, 2.45) is 11.3 Å². The van der Waals surface area contributed by atoms with Gasteiger partial charge in [0, 0.05) is 11.5 Å². The van der Waals surface area contributed by atoms with E-state index in [0.717, 1.165) is 22.7 Å². The van der Waals surface area contributed by atoms with Crippen LogP contribution in [-0.4, -0.2) is 57.2 Å². The standard InChI is InChI=1S/C28H37N5O5/c1-18-13-27(5,6)17-28(14-18)24(36)32(25(37)30-28)15-23(35)38-16-22(34)29-21-12-20(26(2,3)4)31-33(21)19-10-8-7-9-11-19/h7-12,18H,13-17H2,1-6H3,(H,29,34)(H,30,37)/t18-,28-/m1/s1. The van der Waals surface area contributed by atoms with Gasteiger partial charge in [0.25, 0.3) is 11.8 Å². The van der Waals surface area contributed by atoms with Crippen molar-refractivity contribution in [2.45, 2.75) is 71.8 Å². The molecule has 2 aliphatic rings. The summed E-state index contributed by atoms with van der Waals surface area (Å²) < 4.78 is 6.76. The monoisotopic (exact) mass is 523 g/mol. The molecule has 4 rings (SSSR count). The zero-order valence-corrected chi connectivity index (χ0v) is 23.0. The lowest BCUT2D eigenvalue weighted by atomic mass is 9.64. The highest BCUT2D eigenvalue weighted by Crippen LogP contribution is 2.46. The molecule has 2 N–H and O–H groups in total. The van der Waals surface area contributed by atoms with E-state index in [9.17, 15) is 19.2 Å². The van der Waals surface area contributed by atoms with Crippen LogP contribution in [0.15, 0.2) is 36.4 Å². The van der Waals surface area contributed by atoms with E-state index < -0.39 is 42.5 Å². The molecule has 10 nitrogen and oxygen atoms in total. The molecular weight excluding hydrogens is 486 g/mol. The van der Waals surface area contributed by atoms with Crippen LogP contribution in [0.25, 0.3) is 5.69 Å². The summed E-state index contributed by atoms with van der Waals surface area (Å²) in [5.41, 5.74) is 0.173. The SMILES string of the molecule is C[C@@H]1CC(C)(C)C[C@@]2(C1)NC(=O)N(CC(=O)OCC(=O)Nc1cc(C(C)(C)C)nn1-c1ccccc1)C2=O. The summed E-state index contributed by atoms with van der Waals surface area (Å²) in [6, 6.07) is 10.5. The number of aromatic nitrogens is 2. The lowest BCUT2D eigenvalue weighted by Crippen LogP contribution is -2.54. The van der Waals surface area contributed by atoms with Crippen molar-refractivity contribution >= 4 is 29.6 Å². The van der Waals surface area contributed by atoms with Gasteiger partial charge in [0.1, 0.15) is 17.9 Å². The third-order valence-electron chi connectivity index (χ3n) is 7.02. The van der Waals surface area contributed by atoms with E-state index in [1.54, 1.807) is 10.7 Å². The summed E-state index contributed by atoms with van der Waals surface area (Å²) in [4.78, 5) is 52.0. The van der Waals surface area contributed by atoms with Gasteiger partial charge in [0.2, 0.25) is 0 Å². The Morgan fingerprint density at radius 3 is 2.47 bits per heavy atom. The second-order valence-corrected chi connectivity index (χ2v) is 12.4. The van der Waals surface area contributed by atoms with Crippen molar-refractivity contribution in [3.63, 3.8) is 0 Å². The Balaban J connectivity index is 1.38. The lowest BCUT2D eigenvalue weighted by molar-refractivity contribution is -0.150. The number of urea groups is 1. The zero-order valence-electron chi connectivity index (χ0n) is 23.0. The van der Waals surface area contributed by atoms with Crippen LogP contribution in [0.4, 0.5) is 10.6 Å². The second kappa shape index (κ2) is 9.89. The Bertz CT molecular complexity index is 1250. The highest BCUT2D eigenvalue weighted by Gasteiger charge is 2.56. The molecule has 0 unspecified atom stereocenters. The number of para-hydroxylation sites is 1. The molecule has 1 saturated heterocycles. The van der Waals surface area contributed by atoms with Crippen molar-refractivity contribution < 1.29 is 23.9 Å². The average Bonchev–Trinajstić information content (AvgIpc) is 3.32. The van der Waals surface area contributed by atoms with Crippen LogP contribution < -0.4 is 10.6 Å². The molecule has 1 saturated carbocycles. The number of hydrogen-bond acceptors (Lipinski definition) is 6. The van der Waals surface area contributed by atoms with E-state index >= 15 is 0 Å². The second-order valence-electron chi connectivity index (χ2n) is 12.4. The number of benzene rings is 1. The highest BCUT2D eigenvalue weighted by molar-refractivity contribution is 6.09. The number of ether oxygens (including phenoxy) is 1. The fraction of sp³-hybridized carbons (Fsp3) is 0.536. The maximum atomic E-state index is 13.2. The number of carbonyl (C=O) groups is 4. The van der Waals surface area contributed by atoms with Gasteiger partial charge in [0.15, 0.2) is 6.61 Å². The van der Waals surface area contributed by atoms with Crippen molar-refractivity contribution in [3.05, 3.63) is 42.1 Å². The maximum Gasteiger partial charge on any atom is 0.326 e. The van der Waals surface area contributed by atoms with Gasteiger partial charge < -0.3 is 15.4 Å². The summed E-state index contributed by atoms with van der Waals surface area (Å²) in [5, 5.41) is 10.2. The number of amides is 4. The molecule has 1 aromatic heterocycles. The van der Waals surface area contributed by atoms with Gasteiger partial charge in [-0.1, -0.05) is 59.7 Å². The van der Waals surface area contributed by atoms with E-state index in [2.05, 4.69) is 36.5 Å². The Morgan fingerprint density at radius 1 is 1.16 bits per heavy atom. The number of carbonyl (C=O) groups excluding carboxylic acids is 4. The summed E-state index contributed by atoms with van der Waals surface area (Å²) in [6.07, 6.45) is 1.99. The summed E-state index contributed by atoms with van der Waals surface area (Å²) in [5.74, 6) is -1.12. The molecule has 0 radical (unpaired) electrons. The number of nitrogens with one attached hydrogen (secondary N) is 2. The molecule has 10 heteroatoms. The Morgan fingerprint density at radius 2 is 1.84 bits per heavy atom. The van der Waals surface area contributed by atoms with Crippen LogP contribution in [0.5, 0.6) is 0 Å². The highest BCUT2D eigenvalue weighted by atomic mass is 16.5. The minimum atomic E-state index is -1.00. The van der Waals surface area contributed by atoms with Crippen LogP contribution in [0.3, 0.4) is 0 Å². The Hall–Kier alpha value is -3.69. The van der Waals surface area contributed by atoms with Crippen molar-refractivity contribution in [2.75, 3.05) is 18.5 Å². The van der Waals surface area contributed by atoms with Gasteiger partial charge in [-0.25, -0.2) is 9.48 Å². The molecule has 4 amide bonds. The first-order valence-corrected chi connectivity index (χ1v) is 12.9. The predicted molar refractivity (Wildman–Crippen MR) is 142 cm³/mol. The summed E-state index contributed by atoms with van der Waals surface area (Å²) in [6.45, 7) is 11.2. The molecule has 1 aromatic carbocycles. The quantitative estimate of drug-likeness (QED) is 0.439. The number of rotatable bonds is 6. The van der Waals surface area contributed by atoms with Gasteiger partial charge >= 0.3 is 12.0 Å². The average molecular weight is 524 g/mol. The van der Waals surface area contributed by atoms with Gasteiger partial charge in [-0.3, -0.25) is 19.3 Å². The molecule has 2 fully saturated rings. The first-order chi connectivity index (χ1) is 17.7. The predicted octanol–water partition coefficient (Wildman–Crippen LogP) is 3.79. The lowest BCUT2D eigenvalue weighted by Gasteiger charge is -2.43. The fourth-order valence-electron chi connectivity index (χ4n) is 5.75. The van der Waals surface area contributed by atoms with Gasteiger partial charge in [-0.05, 0) is 42.7 Å². The maximum absolute atomic E-state index is 13.2. The molecule has 1 spiro atoms. The number of esters is 1. The summed E-state index contributed by atoms with van der Waals surface area (Å²) >= 11 is 0. The van der Waals surface area contributed by atoms with Crippen LogP contribution in [0.2, 0.25) is 0 Å². The number of hydrogen-bond donors (Lipinski definition) is 2. The minimum absolute atomic E-state index is 0.117. The molecule has 204 valence electrons. The third-order valence-corrected chi connectivity index (χ3v) is 7.02. The van der Waals surface area contributed by atoms with Crippen LogP contribution in [-0.2, 0) is 24.5 Å². The first-order valence-electron chi connectivity index (χ1n) is 12.9. The zero-order chi connectivity index (χ0) is 27.9. The molecule has 2 aromatic rings. The summed E-state index contributed by atoms with van der Waals surface area (Å²) in [7, 11) is 0. The molecular formula is C28H37N5O5. The molecule has 1 aliphatic carbocycles. The van der Waals surface area contributed by atoms with E-state index in [1.165, 1.54) is 0 Å². The Labute approximate surface area is 223 Å². The molecule has 1 aliphatic heterocycles. The first kappa shape index (κ1) is 27.3. The van der Waals surface area contributed by atoms with Crippen molar-refractivity contribution in [3.8, 4) is 5.69 Å². The molecule has 38 heavy (non-hydrogen) atoms. The van der Waals surface area contributed by atoms with Gasteiger partial charge in [0.05, 0.1) is 11.4 Å². The van der Waals surface area contributed by atoms with E-state index in [4.69, 9.17) is 4.74 Å².